The number of hydrogen-bond acceptors (Lipinski definition) is 7. The van der Waals surface area contributed by atoms with Crippen LogP contribution < -0.4 is 9.64 Å². The quantitative estimate of drug-likeness (QED) is 0.479. The molecule has 1 aliphatic rings. The second-order valence-corrected chi connectivity index (χ2v) is 8.38. The molecule has 0 saturated carbocycles. The van der Waals surface area contributed by atoms with Crippen molar-refractivity contribution in [2.75, 3.05) is 38.2 Å². The zero-order chi connectivity index (χ0) is 21.4. The molecule has 0 unspecified atom stereocenters. The van der Waals surface area contributed by atoms with Crippen LogP contribution in [0.4, 0.5) is 5.69 Å². The van der Waals surface area contributed by atoms with Gasteiger partial charge in [0.2, 0.25) is 0 Å². The summed E-state index contributed by atoms with van der Waals surface area (Å²) in [7, 11) is 1.68. The molecule has 1 aliphatic heterocycles. The first-order chi connectivity index (χ1) is 15.2. The number of aryl methyl sites for hydroxylation is 1. The summed E-state index contributed by atoms with van der Waals surface area (Å²) < 4.78 is 10.9. The number of benzene rings is 1. The molecule has 4 heterocycles. The van der Waals surface area contributed by atoms with Crippen LogP contribution in [-0.4, -0.2) is 54.2 Å². The van der Waals surface area contributed by atoms with Crippen LogP contribution >= 0.6 is 11.3 Å². The molecule has 1 saturated heterocycles. The van der Waals surface area contributed by atoms with E-state index in [4.69, 9.17) is 9.26 Å². The minimum atomic E-state index is -0.0174. The minimum absolute atomic E-state index is 0.0174. The van der Waals surface area contributed by atoms with Gasteiger partial charge in [0.25, 0.3) is 11.6 Å². The maximum atomic E-state index is 13.5. The number of amides is 1. The van der Waals surface area contributed by atoms with Crippen molar-refractivity contribution in [3.05, 3.63) is 59.1 Å². The average molecular weight is 435 g/mol. The Morgan fingerprint density at radius 1 is 1.13 bits per heavy atom. The molecule has 5 rings (SSSR count). The van der Waals surface area contributed by atoms with Crippen LogP contribution in [0.15, 0.2) is 52.4 Å². The summed E-state index contributed by atoms with van der Waals surface area (Å²) in [4.78, 5) is 23.3. The van der Waals surface area contributed by atoms with Gasteiger partial charge in [-0.1, -0.05) is 23.4 Å². The van der Waals surface area contributed by atoms with Gasteiger partial charge in [0.1, 0.15) is 5.75 Å². The van der Waals surface area contributed by atoms with Crippen LogP contribution in [-0.2, 0) is 0 Å². The van der Waals surface area contributed by atoms with Crippen LogP contribution in [0.1, 0.15) is 16.1 Å². The fourth-order valence-corrected chi connectivity index (χ4v) is 4.71. The van der Waals surface area contributed by atoms with Crippen molar-refractivity contribution in [3.63, 3.8) is 0 Å². The van der Waals surface area contributed by atoms with Gasteiger partial charge in [-0.2, -0.15) is 0 Å². The second kappa shape index (κ2) is 8.03. The topological polar surface area (TPSA) is 71.7 Å². The van der Waals surface area contributed by atoms with Crippen molar-refractivity contribution >= 4 is 34.0 Å². The van der Waals surface area contributed by atoms with Gasteiger partial charge >= 0.3 is 0 Å². The van der Waals surface area contributed by atoms with Gasteiger partial charge in [0.05, 0.1) is 40.0 Å². The first-order valence-corrected chi connectivity index (χ1v) is 11.0. The lowest BCUT2D eigenvalue weighted by molar-refractivity contribution is 0.0748. The molecule has 1 aromatic carbocycles. The maximum Gasteiger partial charge on any atom is 0.259 e. The summed E-state index contributed by atoms with van der Waals surface area (Å²) in [5, 5.41) is 6.73. The number of anilines is 1. The van der Waals surface area contributed by atoms with E-state index in [9.17, 15) is 4.79 Å². The Balaban J connectivity index is 1.43. The highest BCUT2D eigenvalue weighted by Crippen LogP contribution is 2.31. The normalized spacial score (nSPS) is 14.3. The van der Waals surface area contributed by atoms with E-state index < -0.39 is 0 Å². The van der Waals surface area contributed by atoms with E-state index in [1.54, 1.807) is 18.4 Å². The van der Waals surface area contributed by atoms with Crippen molar-refractivity contribution < 1.29 is 14.1 Å². The molecular formula is C23H22N4O3S. The van der Waals surface area contributed by atoms with Crippen LogP contribution in [0.3, 0.4) is 0 Å². The van der Waals surface area contributed by atoms with Gasteiger partial charge in [0.15, 0.2) is 0 Å². The van der Waals surface area contributed by atoms with Crippen molar-refractivity contribution in [1.29, 1.82) is 0 Å². The fourth-order valence-electron chi connectivity index (χ4n) is 4.03. The van der Waals surface area contributed by atoms with E-state index >= 15 is 0 Å². The van der Waals surface area contributed by atoms with Crippen molar-refractivity contribution in [2.24, 2.45) is 0 Å². The Bertz CT molecular complexity index is 1230. The highest BCUT2D eigenvalue weighted by atomic mass is 32.1. The SMILES string of the molecule is COc1ccccc1N1CCN(C(=O)c2cc(-c3cccs3)nc3onc(C)c23)CC1. The zero-order valence-corrected chi connectivity index (χ0v) is 18.2. The van der Waals surface area contributed by atoms with Gasteiger partial charge in [-0.3, -0.25) is 4.79 Å². The predicted octanol–water partition coefficient (Wildman–Crippen LogP) is 4.23. The average Bonchev–Trinajstić information content (AvgIpc) is 3.48. The molecule has 7 nitrogen and oxygen atoms in total. The number of thiophene rings is 1. The smallest absolute Gasteiger partial charge is 0.259 e. The van der Waals surface area contributed by atoms with E-state index in [-0.39, 0.29) is 5.91 Å². The Kier molecular flexibility index (Phi) is 5.07. The number of carbonyl (C=O) groups excluding carboxylic acids is 1. The number of pyridine rings is 1. The largest absolute Gasteiger partial charge is 0.495 e. The number of fused-ring (bicyclic) bond motifs is 1. The third-order valence-corrected chi connectivity index (χ3v) is 6.51. The molecule has 1 amide bonds. The number of nitrogens with zero attached hydrogens (tertiary/aromatic N) is 4. The Hall–Kier alpha value is -3.39. The van der Waals surface area contributed by atoms with Crippen LogP contribution in [0.25, 0.3) is 21.7 Å². The molecule has 0 spiro atoms. The standard InChI is InChI=1S/C23H22N4O3S/c1-15-21-16(14-17(20-8-5-13-31-20)24-22(21)30-25-15)23(28)27-11-9-26(10-12-27)18-6-3-4-7-19(18)29-2/h3-8,13-14H,9-12H2,1-2H3. The lowest BCUT2D eigenvalue weighted by atomic mass is 10.1. The van der Waals surface area contributed by atoms with Gasteiger partial charge < -0.3 is 19.1 Å². The number of ether oxygens (including phenoxy) is 1. The molecule has 0 aliphatic carbocycles. The Morgan fingerprint density at radius 3 is 2.68 bits per heavy atom. The minimum Gasteiger partial charge on any atom is -0.495 e. The number of piperazine rings is 1. The van der Waals surface area contributed by atoms with Crippen molar-refractivity contribution in [2.45, 2.75) is 6.92 Å². The van der Waals surface area contributed by atoms with Gasteiger partial charge in [-0.15, -0.1) is 11.3 Å². The summed E-state index contributed by atoms with van der Waals surface area (Å²) >= 11 is 1.58. The number of methoxy groups -OCH3 is 1. The molecule has 158 valence electrons. The summed E-state index contributed by atoms with van der Waals surface area (Å²) in [6.45, 7) is 4.56. The molecule has 8 heteroatoms. The van der Waals surface area contributed by atoms with Crippen LogP contribution in [0, 0.1) is 6.92 Å². The number of rotatable bonds is 4. The lowest BCUT2D eigenvalue weighted by Crippen LogP contribution is -2.49. The summed E-state index contributed by atoms with van der Waals surface area (Å²) in [6, 6.07) is 13.8. The van der Waals surface area contributed by atoms with E-state index in [0.717, 1.165) is 35.1 Å². The fraction of sp³-hybridized carbons (Fsp3) is 0.261. The number of aromatic nitrogens is 2. The molecule has 0 bridgehead atoms. The summed E-state index contributed by atoms with van der Waals surface area (Å²) in [5.74, 6) is 0.829. The van der Waals surface area contributed by atoms with Gasteiger partial charge in [-0.05, 0) is 36.6 Å². The number of hydrogen-bond donors (Lipinski definition) is 0. The highest BCUT2D eigenvalue weighted by molar-refractivity contribution is 7.13. The first-order valence-electron chi connectivity index (χ1n) is 10.1. The molecule has 3 aromatic heterocycles. The molecule has 0 atom stereocenters. The maximum absolute atomic E-state index is 13.5. The van der Waals surface area contributed by atoms with Gasteiger partial charge in [-0.25, -0.2) is 4.98 Å². The molecule has 4 aromatic rings. The Morgan fingerprint density at radius 2 is 1.94 bits per heavy atom. The van der Waals surface area contributed by atoms with Crippen LogP contribution in [0.5, 0.6) is 5.75 Å². The molecular weight excluding hydrogens is 412 g/mol. The van der Waals surface area contributed by atoms with Crippen molar-refractivity contribution in [3.8, 4) is 16.3 Å². The summed E-state index contributed by atoms with van der Waals surface area (Å²) in [5.41, 5.74) is 3.46. The van der Waals surface area contributed by atoms with E-state index in [2.05, 4.69) is 21.1 Å². The van der Waals surface area contributed by atoms with E-state index in [1.807, 2.05) is 53.6 Å². The third kappa shape index (κ3) is 3.53. The van der Waals surface area contributed by atoms with Crippen LogP contribution in [0.2, 0.25) is 0 Å². The number of carbonyl (C=O) groups is 1. The lowest BCUT2D eigenvalue weighted by Gasteiger charge is -2.36. The van der Waals surface area contributed by atoms with Crippen molar-refractivity contribution in [1.82, 2.24) is 15.0 Å². The zero-order valence-electron chi connectivity index (χ0n) is 17.4. The molecule has 0 radical (unpaired) electrons. The first kappa shape index (κ1) is 19.6. The molecule has 1 fully saturated rings. The summed E-state index contributed by atoms with van der Waals surface area (Å²) in [6.07, 6.45) is 0. The third-order valence-electron chi connectivity index (χ3n) is 5.61. The number of para-hydroxylation sites is 2. The van der Waals surface area contributed by atoms with E-state index in [0.29, 0.717) is 35.4 Å². The molecule has 31 heavy (non-hydrogen) atoms. The van der Waals surface area contributed by atoms with Gasteiger partial charge in [0, 0.05) is 26.2 Å². The second-order valence-electron chi connectivity index (χ2n) is 7.43. The van der Waals surface area contributed by atoms with E-state index in [1.165, 1.54) is 0 Å². The monoisotopic (exact) mass is 434 g/mol. The highest BCUT2D eigenvalue weighted by Gasteiger charge is 2.27. The predicted molar refractivity (Wildman–Crippen MR) is 121 cm³/mol. The Labute approximate surface area is 183 Å². The molecule has 0 N–H and O–H groups in total.